The highest BCUT2D eigenvalue weighted by Gasteiger charge is 2.03. The average Bonchev–Trinajstić information content (AvgIpc) is 2.76. The van der Waals surface area contributed by atoms with Crippen LogP contribution in [0.4, 0.5) is 0 Å². The van der Waals surface area contributed by atoms with E-state index in [9.17, 15) is 0 Å². The zero-order valence-electron chi connectivity index (χ0n) is 11.9. The molecule has 2 rings (SSSR count). The molecule has 3 heteroatoms. The van der Waals surface area contributed by atoms with Crippen molar-refractivity contribution in [2.45, 2.75) is 39.7 Å². The summed E-state index contributed by atoms with van der Waals surface area (Å²) in [5.41, 5.74) is 2.53. The molecule has 0 amide bonds. The molecule has 0 spiro atoms. The van der Waals surface area contributed by atoms with E-state index in [0.717, 1.165) is 24.9 Å². The van der Waals surface area contributed by atoms with Crippen molar-refractivity contribution in [1.29, 1.82) is 0 Å². The number of hydrogen-bond donors (Lipinski definition) is 1. The molecule has 1 aromatic carbocycles. The zero-order valence-corrected chi connectivity index (χ0v) is 12.8. The minimum atomic E-state index is 0.568. The summed E-state index contributed by atoms with van der Waals surface area (Å²) in [7, 11) is 0. The van der Waals surface area contributed by atoms with Crippen molar-refractivity contribution in [3.8, 4) is 0 Å². The summed E-state index contributed by atoms with van der Waals surface area (Å²) in [4.78, 5) is 4.67. The molecule has 19 heavy (non-hydrogen) atoms. The van der Waals surface area contributed by atoms with Crippen molar-refractivity contribution in [2.24, 2.45) is 0 Å². The molecule has 0 aliphatic rings. The fourth-order valence-corrected chi connectivity index (χ4v) is 3.06. The van der Waals surface area contributed by atoms with E-state index in [2.05, 4.69) is 55.3 Å². The van der Waals surface area contributed by atoms with Crippen LogP contribution in [0.15, 0.2) is 35.9 Å². The molecule has 2 nitrogen and oxygen atoms in total. The summed E-state index contributed by atoms with van der Waals surface area (Å²) in [6, 6.07) is 8.91. The largest absolute Gasteiger partial charge is 0.314 e. The van der Waals surface area contributed by atoms with Gasteiger partial charge in [-0.1, -0.05) is 37.6 Å². The molecule has 102 valence electrons. The molecule has 0 saturated carbocycles. The molecule has 0 bridgehead atoms. The van der Waals surface area contributed by atoms with Crippen LogP contribution in [0.3, 0.4) is 0 Å². The van der Waals surface area contributed by atoms with Gasteiger partial charge < -0.3 is 5.32 Å². The standard InChI is InChI=1S/C16H22N2S/c1-12(2)17-10-6-7-13(3)11-16-18-14-8-4-5-9-15(14)19-16/h4-5,7-9,12,17H,6,10-11H2,1-3H3. The maximum Gasteiger partial charge on any atom is 0.0978 e. The number of hydrogen-bond acceptors (Lipinski definition) is 3. The Kier molecular flexibility index (Phi) is 5.11. The smallest absolute Gasteiger partial charge is 0.0978 e. The number of rotatable bonds is 6. The molecule has 0 radical (unpaired) electrons. The molecular weight excluding hydrogens is 252 g/mol. The van der Waals surface area contributed by atoms with Crippen LogP contribution in [-0.4, -0.2) is 17.6 Å². The second kappa shape index (κ2) is 6.83. The Morgan fingerprint density at radius 2 is 2.16 bits per heavy atom. The van der Waals surface area contributed by atoms with Crippen molar-refractivity contribution in [2.75, 3.05) is 6.54 Å². The van der Waals surface area contributed by atoms with Crippen molar-refractivity contribution in [3.05, 3.63) is 40.9 Å². The SMILES string of the molecule is CC(=CCCNC(C)C)Cc1nc2ccccc2s1. The first-order valence-electron chi connectivity index (χ1n) is 6.88. The predicted octanol–water partition coefficient (Wildman–Crippen LogP) is 4.17. The molecule has 1 aromatic heterocycles. The summed E-state index contributed by atoms with van der Waals surface area (Å²) in [5, 5.41) is 4.64. The summed E-state index contributed by atoms with van der Waals surface area (Å²) >= 11 is 1.80. The molecule has 0 saturated heterocycles. The fourth-order valence-electron chi connectivity index (χ4n) is 2.00. The van der Waals surface area contributed by atoms with Crippen molar-refractivity contribution in [1.82, 2.24) is 10.3 Å². The Bertz CT molecular complexity index is 522. The van der Waals surface area contributed by atoms with E-state index in [1.807, 2.05) is 6.07 Å². The quantitative estimate of drug-likeness (QED) is 0.631. The highest BCUT2D eigenvalue weighted by Crippen LogP contribution is 2.23. The normalized spacial score (nSPS) is 12.5. The van der Waals surface area contributed by atoms with Crippen LogP contribution in [0.1, 0.15) is 32.2 Å². The molecule has 2 aromatic rings. The van der Waals surface area contributed by atoms with Crippen LogP contribution >= 0.6 is 11.3 Å². The lowest BCUT2D eigenvalue weighted by molar-refractivity contribution is 0.594. The van der Waals surface area contributed by atoms with E-state index >= 15 is 0 Å². The number of allylic oxidation sites excluding steroid dienone is 1. The highest BCUT2D eigenvalue weighted by molar-refractivity contribution is 7.18. The Balaban J connectivity index is 1.90. The van der Waals surface area contributed by atoms with Gasteiger partial charge in [0.25, 0.3) is 0 Å². The van der Waals surface area contributed by atoms with Gasteiger partial charge in [0.05, 0.1) is 15.2 Å². The molecular formula is C16H22N2S. The minimum absolute atomic E-state index is 0.568. The van der Waals surface area contributed by atoms with E-state index in [4.69, 9.17) is 0 Å². The first-order valence-corrected chi connectivity index (χ1v) is 7.70. The van der Waals surface area contributed by atoms with Crippen molar-refractivity contribution in [3.63, 3.8) is 0 Å². The van der Waals surface area contributed by atoms with Crippen molar-refractivity contribution >= 4 is 21.6 Å². The molecule has 0 fully saturated rings. The van der Waals surface area contributed by atoms with Crippen LogP contribution in [0, 0.1) is 0 Å². The van der Waals surface area contributed by atoms with E-state index in [0.29, 0.717) is 6.04 Å². The van der Waals surface area contributed by atoms with Crippen LogP contribution in [0.25, 0.3) is 10.2 Å². The lowest BCUT2D eigenvalue weighted by Crippen LogP contribution is -2.23. The predicted molar refractivity (Wildman–Crippen MR) is 84.8 cm³/mol. The van der Waals surface area contributed by atoms with Gasteiger partial charge in [0, 0.05) is 12.5 Å². The van der Waals surface area contributed by atoms with Gasteiger partial charge in [-0.25, -0.2) is 4.98 Å². The molecule has 1 N–H and O–H groups in total. The van der Waals surface area contributed by atoms with Crippen LogP contribution in [0.5, 0.6) is 0 Å². The van der Waals surface area contributed by atoms with Gasteiger partial charge in [-0.3, -0.25) is 0 Å². The molecule has 1 heterocycles. The van der Waals surface area contributed by atoms with E-state index in [-0.39, 0.29) is 0 Å². The topological polar surface area (TPSA) is 24.9 Å². The monoisotopic (exact) mass is 274 g/mol. The van der Waals surface area contributed by atoms with Gasteiger partial charge in [-0.15, -0.1) is 11.3 Å². The van der Waals surface area contributed by atoms with Gasteiger partial charge in [-0.2, -0.15) is 0 Å². The average molecular weight is 274 g/mol. The van der Waals surface area contributed by atoms with Gasteiger partial charge in [0.15, 0.2) is 0 Å². The van der Waals surface area contributed by atoms with E-state index < -0.39 is 0 Å². The maximum absolute atomic E-state index is 4.67. The number of thiazole rings is 1. The zero-order chi connectivity index (χ0) is 13.7. The third-order valence-corrected chi connectivity index (χ3v) is 3.99. The van der Waals surface area contributed by atoms with Gasteiger partial charge in [-0.05, 0) is 32.0 Å². The Morgan fingerprint density at radius 1 is 1.37 bits per heavy atom. The minimum Gasteiger partial charge on any atom is -0.314 e. The maximum atomic E-state index is 4.67. The number of para-hydroxylation sites is 1. The molecule has 0 atom stereocenters. The van der Waals surface area contributed by atoms with Crippen LogP contribution in [0.2, 0.25) is 0 Å². The Hall–Kier alpha value is -1.19. The number of nitrogens with zero attached hydrogens (tertiary/aromatic N) is 1. The lowest BCUT2D eigenvalue weighted by atomic mass is 10.2. The van der Waals surface area contributed by atoms with Gasteiger partial charge in [0.1, 0.15) is 0 Å². The highest BCUT2D eigenvalue weighted by atomic mass is 32.1. The summed E-state index contributed by atoms with van der Waals surface area (Å²) < 4.78 is 1.28. The third kappa shape index (κ3) is 4.44. The second-order valence-electron chi connectivity index (χ2n) is 5.20. The van der Waals surface area contributed by atoms with Crippen molar-refractivity contribution < 1.29 is 0 Å². The summed E-state index contributed by atoms with van der Waals surface area (Å²) in [6.07, 6.45) is 4.39. The van der Waals surface area contributed by atoms with E-state index in [1.54, 1.807) is 11.3 Å². The number of fused-ring (bicyclic) bond motifs is 1. The van der Waals surface area contributed by atoms with Crippen LogP contribution in [-0.2, 0) is 6.42 Å². The Labute approximate surface area is 119 Å². The fraction of sp³-hybridized carbons (Fsp3) is 0.438. The number of benzene rings is 1. The van der Waals surface area contributed by atoms with Crippen LogP contribution < -0.4 is 5.32 Å². The number of aromatic nitrogens is 1. The first-order chi connectivity index (χ1) is 9.15. The molecule has 0 aliphatic carbocycles. The third-order valence-electron chi connectivity index (χ3n) is 2.96. The van der Waals surface area contributed by atoms with E-state index in [1.165, 1.54) is 15.3 Å². The lowest BCUT2D eigenvalue weighted by Gasteiger charge is -2.05. The Morgan fingerprint density at radius 3 is 2.89 bits per heavy atom. The first kappa shape index (κ1) is 14.2. The van der Waals surface area contributed by atoms with Gasteiger partial charge in [0.2, 0.25) is 0 Å². The second-order valence-corrected chi connectivity index (χ2v) is 6.32. The summed E-state index contributed by atoms with van der Waals surface area (Å²) in [6.45, 7) is 7.60. The molecule has 0 aliphatic heterocycles. The summed E-state index contributed by atoms with van der Waals surface area (Å²) in [5.74, 6) is 0. The van der Waals surface area contributed by atoms with Gasteiger partial charge >= 0.3 is 0 Å². The molecule has 0 unspecified atom stereocenters. The number of nitrogens with one attached hydrogen (secondary N) is 1.